The van der Waals surface area contributed by atoms with Crippen molar-refractivity contribution in [1.82, 2.24) is 14.7 Å². The van der Waals surface area contributed by atoms with Crippen molar-refractivity contribution in [2.45, 2.75) is 32.1 Å². The van der Waals surface area contributed by atoms with Crippen LogP contribution in [0.4, 0.5) is 0 Å². The highest BCUT2D eigenvalue weighted by Gasteiger charge is 2.23. The third kappa shape index (κ3) is 3.55. The lowest BCUT2D eigenvalue weighted by molar-refractivity contribution is 0.0523. The molecule has 0 aliphatic carbocycles. The molecule has 5 nitrogen and oxygen atoms in total. The van der Waals surface area contributed by atoms with Crippen LogP contribution in [0.3, 0.4) is 0 Å². The maximum atomic E-state index is 11.9. The van der Waals surface area contributed by atoms with Crippen molar-refractivity contribution in [3.05, 3.63) is 17.5 Å². The Bertz CT molecular complexity index is 461. The van der Waals surface area contributed by atoms with Crippen LogP contribution in [0.15, 0.2) is 6.20 Å². The Hall–Kier alpha value is -1.01. The molecule has 2 heterocycles. The largest absolute Gasteiger partial charge is 0.462 e. The van der Waals surface area contributed by atoms with Crippen LogP contribution in [0.2, 0.25) is 0 Å². The number of thioether (sulfide) groups is 1. The fourth-order valence-corrected chi connectivity index (χ4v) is 3.66. The second-order valence-corrected chi connectivity index (χ2v) is 6.39. The molecule has 1 fully saturated rings. The third-order valence-electron chi connectivity index (χ3n) is 3.61. The molecule has 0 spiro atoms. The Morgan fingerprint density at radius 2 is 2.35 bits per heavy atom. The normalized spacial score (nSPS) is 20.1. The molecule has 2 rings (SSSR count). The van der Waals surface area contributed by atoms with Gasteiger partial charge >= 0.3 is 5.97 Å². The Morgan fingerprint density at radius 1 is 1.55 bits per heavy atom. The van der Waals surface area contributed by atoms with Crippen LogP contribution in [0.1, 0.15) is 36.3 Å². The average Bonchev–Trinajstić information content (AvgIpc) is 2.81. The van der Waals surface area contributed by atoms with Gasteiger partial charge in [-0.1, -0.05) is 6.92 Å². The van der Waals surface area contributed by atoms with Gasteiger partial charge in [-0.25, -0.2) is 4.79 Å². The number of esters is 1. The minimum Gasteiger partial charge on any atom is -0.462 e. The van der Waals surface area contributed by atoms with Crippen molar-refractivity contribution >= 4 is 17.7 Å². The highest BCUT2D eigenvalue weighted by molar-refractivity contribution is 8.00. The lowest BCUT2D eigenvalue weighted by Crippen LogP contribution is -2.37. The van der Waals surface area contributed by atoms with Crippen LogP contribution >= 0.6 is 11.8 Å². The lowest BCUT2D eigenvalue weighted by Gasteiger charge is -2.31. The molecule has 6 heteroatoms. The zero-order valence-electron chi connectivity index (χ0n) is 12.5. The predicted octanol–water partition coefficient (Wildman–Crippen LogP) is 1.92. The van der Waals surface area contributed by atoms with Gasteiger partial charge in [0.15, 0.2) is 0 Å². The molecular weight excluding hydrogens is 274 g/mol. The number of aromatic nitrogens is 2. The van der Waals surface area contributed by atoms with Crippen LogP contribution in [0, 0.1) is 0 Å². The molecule has 1 unspecified atom stereocenters. The van der Waals surface area contributed by atoms with Gasteiger partial charge in [-0.05, 0) is 13.3 Å². The number of hydrogen-bond acceptors (Lipinski definition) is 5. The van der Waals surface area contributed by atoms with E-state index in [1.807, 2.05) is 25.7 Å². The molecular formula is C14H23N3O2S. The summed E-state index contributed by atoms with van der Waals surface area (Å²) in [6.45, 7) is 7.35. The molecule has 0 radical (unpaired) electrons. The first-order valence-electron chi connectivity index (χ1n) is 7.17. The fourth-order valence-electron chi connectivity index (χ4n) is 2.41. The molecule has 1 aliphatic heterocycles. The van der Waals surface area contributed by atoms with E-state index in [1.165, 1.54) is 6.42 Å². The first kappa shape index (κ1) is 15.4. The SMILES string of the molecule is CCOC(=O)c1cnn(C)c1CN1CCSC(CC)C1. The fraction of sp³-hybridized carbons (Fsp3) is 0.714. The molecule has 0 bridgehead atoms. The minimum absolute atomic E-state index is 0.269. The number of nitrogens with zero attached hydrogens (tertiary/aromatic N) is 3. The van der Waals surface area contributed by atoms with Crippen molar-refractivity contribution in [2.24, 2.45) is 7.05 Å². The number of aryl methyl sites for hydroxylation is 1. The van der Waals surface area contributed by atoms with Crippen molar-refractivity contribution in [2.75, 3.05) is 25.4 Å². The second kappa shape index (κ2) is 7.13. The van der Waals surface area contributed by atoms with E-state index in [0.717, 1.165) is 31.1 Å². The Balaban J connectivity index is 2.08. The molecule has 1 saturated heterocycles. The van der Waals surface area contributed by atoms with E-state index in [4.69, 9.17) is 4.74 Å². The Morgan fingerprint density at radius 3 is 3.05 bits per heavy atom. The summed E-state index contributed by atoms with van der Waals surface area (Å²) in [7, 11) is 1.88. The minimum atomic E-state index is -0.269. The standard InChI is InChI=1S/C14H23N3O2S/c1-4-11-9-17(6-7-20-11)10-13-12(8-15-16(13)3)14(18)19-5-2/h8,11H,4-7,9-10H2,1-3H3. The van der Waals surface area contributed by atoms with Gasteiger partial charge in [0.2, 0.25) is 0 Å². The van der Waals surface area contributed by atoms with Gasteiger partial charge in [-0.2, -0.15) is 16.9 Å². The van der Waals surface area contributed by atoms with Crippen LogP contribution in [0.5, 0.6) is 0 Å². The summed E-state index contributed by atoms with van der Waals surface area (Å²) < 4.78 is 6.89. The summed E-state index contributed by atoms with van der Waals surface area (Å²) in [5.41, 5.74) is 1.55. The molecule has 1 aliphatic rings. The van der Waals surface area contributed by atoms with Crippen molar-refractivity contribution in [1.29, 1.82) is 0 Å². The van der Waals surface area contributed by atoms with Crippen LogP contribution in [-0.4, -0.2) is 51.3 Å². The van der Waals surface area contributed by atoms with E-state index >= 15 is 0 Å². The molecule has 1 atom stereocenters. The van der Waals surface area contributed by atoms with Gasteiger partial charge < -0.3 is 4.74 Å². The first-order chi connectivity index (χ1) is 9.65. The number of hydrogen-bond donors (Lipinski definition) is 0. The summed E-state index contributed by atoms with van der Waals surface area (Å²) in [4.78, 5) is 14.3. The summed E-state index contributed by atoms with van der Waals surface area (Å²) in [5, 5.41) is 4.91. The molecule has 20 heavy (non-hydrogen) atoms. The molecule has 0 N–H and O–H groups in total. The van der Waals surface area contributed by atoms with Gasteiger partial charge in [-0.3, -0.25) is 9.58 Å². The van der Waals surface area contributed by atoms with E-state index in [2.05, 4.69) is 16.9 Å². The van der Waals surface area contributed by atoms with E-state index in [9.17, 15) is 4.79 Å². The van der Waals surface area contributed by atoms with Gasteiger partial charge in [0.05, 0.1) is 18.5 Å². The highest BCUT2D eigenvalue weighted by Crippen LogP contribution is 2.23. The van der Waals surface area contributed by atoms with Crippen molar-refractivity contribution in [3.63, 3.8) is 0 Å². The lowest BCUT2D eigenvalue weighted by atomic mass is 10.2. The monoisotopic (exact) mass is 297 g/mol. The topological polar surface area (TPSA) is 47.4 Å². The molecule has 1 aromatic rings. The first-order valence-corrected chi connectivity index (χ1v) is 8.22. The van der Waals surface area contributed by atoms with Gasteiger partial charge in [0.25, 0.3) is 0 Å². The van der Waals surface area contributed by atoms with E-state index in [1.54, 1.807) is 10.9 Å². The molecule has 1 aromatic heterocycles. The molecule has 0 amide bonds. The van der Waals surface area contributed by atoms with Crippen LogP contribution in [0.25, 0.3) is 0 Å². The van der Waals surface area contributed by atoms with Crippen molar-refractivity contribution < 1.29 is 9.53 Å². The quantitative estimate of drug-likeness (QED) is 0.777. The number of ether oxygens (including phenoxy) is 1. The zero-order valence-corrected chi connectivity index (χ0v) is 13.3. The smallest absolute Gasteiger partial charge is 0.341 e. The van der Waals surface area contributed by atoms with E-state index < -0.39 is 0 Å². The zero-order chi connectivity index (χ0) is 14.5. The molecule has 112 valence electrons. The Kier molecular flexibility index (Phi) is 5.48. The van der Waals surface area contributed by atoms with Gasteiger partial charge in [0, 0.05) is 37.7 Å². The summed E-state index contributed by atoms with van der Waals surface area (Å²) >= 11 is 2.05. The summed E-state index contributed by atoms with van der Waals surface area (Å²) in [5.74, 6) is 0.888. The molecule has 0 aromatic carbocycles. The second-order valence-electron chi connectivity index (χ2n) is 4.99. The summed E-state index contributed by atoms with van der Waals surface area (Å²) in [6.07, 6.45) is 2.81. The van der Waals surface area contributed by atoms with Crippen LogP contribution < -0.4 is 0 Å². The van der Waals surface area contributed by atoms with Crippen LogP contribution in [-0.2, 0) is 18.3 Å². The van der Waals surface area contributed by atoms with Crippen molar-refractivity contribution in [3.8, 4) is 0 Å². The van der Waals surface area contributed by atoms with E-state index in [0.29, 0.717) is 17.4 Å². The number of carbonyl (C=O) groups is 1. The number of rotatable bonds is 5. The summed E-state index contributed by atoms with van der Waals surface area (Å²) in [6, 6.07) is 0. The Labute approximate surface area is 124 Å². The maximum absolute atomic E-state index is 11.9. The highest BCUT2D eigenvalue weighted by atomic mass is 32.2. The number of carbonyl (C=O) groups excluding carboxylic acids is 1. The predicted molar refractivity (Wildman–Crippen MR) is 81.0 cm³/mol. The molecule has 0 saturated carbocycles. The average molecular weight is 297 g/mol. The third-order valence-corrected chi connectivity index (χ3v) is 4.98. The van der Waals surface area contributed by atoms with Gasteiger partial charge in [0.1, 0.15) is 5.56 Å². The van der Waals surface area contributed by atoms with E-state index in [-0.39, 0.29) is 5.97 Å². The maximum Gasteiger partial charge on any atom is 0.341 e. The van der Waals surface area contributed by atoms with Gasteiger partial charge in [-0.15, -0.1) is 0 Å².